The van der Waals surface area contributed by atoms with Crippen LogP contribution in [0.15, 0.2) is 58.5 Å². The number of para-hydroxylation sites is 1. The third-order valence-electron chi connectivity index (χ3n) is 5.10. The van der Waals surface area contributed by atoms with Gasteiger partial charge in [-0.05, 0) is 42.9 Å². The van der Waals surface area contributed by atoms with Crippen LogP contribution in [-0.4, -0.2) is 47.2 Å². The summed E-state index contributed by atoms with van der Waals surface area (Å²) in [5.41, 5.74) is 2.28. The van der Waals surface area contributed by atoms with Crippen LogP contribution in [0.1, 0.15) is 29.8 Å². The van der Waals surface area contributed by atoms with Crippen LogP contribution < -0.4 is 5.56 Å². The first kappa shape index (κ1) is 22.1. The van der Waals surface area contributed by atoms with Crippen molar-refractivity contribution in [2.75, 3.05) is 26.7 Å². The number of esters is 1. The Labute approximate surface area is 180 Å². The maximum Gasteiger partial charge on any atom is 0.337 e. The number of carbonyl (C=O) groups excluding carboxylic acids is 1. The molecule has 1 aromatic heterocycles. The SMILES string of the molecule is CCN(CC)CCn1c(SCc2ccc(C(=O)OC)cc2)nc2ccccc2c1=O. The first-order valence-corrected chi connectivity index (χ1v) is 11.1. The van der Waals surface area contributed by atoms with E-state index in [2.05, 4.69) is 18.7 Å². The lowest BCUT2D eigenvalue weighted by Crippen LogP contribution is -2.32. The normalized spacial score (nSPS) is 11.2. The first-order chi connectivity index (χ1) is 14.6. The van der Waals surface area contributed by atoms with Gasteiger partial charge in [0.05, 0.1) is 23.6 Å². The zero-order valence-electron chi connectivity index (χ0n) is 17.6. The van der Waals surface area contributed by atoms with Crippen molar-refractivity contribution in [1.29, 1.82) is 0 Å². The van der Waals surface area contributed by atoms with Gasteiger partial charge in [0.15, 0.2) is 5.16 Å². The quantitative estimate of drug-likeness (QED) is 0.295. The van der Waals surface area contributed by atoms with E-state index in [-0.39, 0.29) is 11.5 Å². The van der Waals surface area contributed by atoms with Crippen LogP contribution in [0.4, 0.5) is 0 Å². The molecule has 3 aromatic rings. The summed E-state index contributed by atoms with van der Waals surface area (Å²) in [6.45, 7) is 7.54. The lowest BCUT2D eigenvalue weighted by molar-refractivity contribution is 0.0600. The molecule has 0 amide bonds. The number of carbonyl (C=O) groups is 1. The van der Waals surface area contributed by atoms with Crippen molar-refractivity contribution in [3.63, 3.8) is 0 Å². The van der Waals surface area contributed by atoms with E-state index in [1.807, 2.05) is 36.4 Å². The van der Waals surface area contributed by atoms with E-state index in [9.17, 15) is 9.59 Å². The van der Waals surface area contributed by atoms with E-state index in [4.69, 9.17) is 9.72 Å². The largest absolute Gasteiger partial charge is 0.465 e. The Morgan fingerprint density at radius 3 is 2.47 bits per heavy atom. The molecule has 0 saturated carbocycles. The molecule has 7 heteroatoms. The Hall–Kier alpha value is -2.64. The van der Waals surface area contributed by atoms with Crippen molar-refractivity contribution < 1.29 is 9.53 Å². The number of hydrogen-bond acceptors (Lipinski definition) is 6. The van der Waals surface area contributed by atoms with Crippen LogP contribution in [0, 0.1) is 0 Å². The highest BCUT2D eigenvalue weighted by Crippen LogP contribution is 2.22. The van der Waals surface area contributed by atoms with E-state index in [0.717, 1.165) is 25.2 Å². The third kappa shape index (κ3) is 5.09. The molecule has 0 N–H and O–H groups in total. The molecule has 158 valence electrons. The molecule has 0 atom stereocenters. The van der Waals surface area contributed by atoms with Gasteiger partial charge in [-0.3, -0.25) is 9.36 Å². The fourth-order valence-electron chi connectivity index (χ4n) is 3.24. The first-order valence-electron chi connectivity index (χ1n) is 10.1. The highest BCUT2D eigenvalue weighted by molar-refractivity contribution is 7.98. The van der Waals surface area contributed by atoms with Crippen LogP contribution in [0.2, 0.25) is 0 Å². The van der Waals surface area contributed by atoms with Crippen LogP contribution in [-0.2, 0) is 17.0 Å². The number of hydrogen-bond donors (Lipinski definition) is 0. The van der Waals surface area contributed by atoms with Gasteiger partial charge in [-0.1, -0.05) is 49.9 Å². The van der Waals surface area contributed by atoms with Gasteiger partial charge in [0.2, 0.25) is 0 Å². The molecule has 1 heterocycles. The molecule has 2 aromatic carbocycles. The summed E-state index contributed by atoms with van der Waals surface area (Å²) in [7, 11) is 1.37. The fraction of sp³-hybridized carbons (Fsp3) is 0.348. The highest BCUT2D eigenvalue weighted by Gasteiger charge is 2.13. The molecule has 0 unspecified atom stereocenters. The molecule has 30 heavy (non-hydrogen) atoms. The monoisotopic (exact) mass is 425 g/mol. The van der Waals surface area contributed by atoms with Crippen molar-refractivity contribution in [3.05, 3.63) is 70.0 Å². The predicted molar refractivity (Wildman–Crippen MR) is 121 cm³/mol. The summed E-state index contributed by atoms with van der Waals surface area (Å²) in [6, 6.07) is 14.8. The van der Waals surface area contributed by atoms with Gasteiger partial charge in [-0.2, -0.15) is 0 Å². The van der Waals surface area contributed by atoms with Gasteiger partial charge in [0.1, 0.15) is 0 Å². The Kier molecular flexibility index (Phi) is 7.65. The van der Waals surface area contributed by atoms with Crippen molar-refractivity contribution in [2.45, 2.75) is 31.3 Å². The Morgan fingerprint density at radius 1 is 1.10 bits per heavy atom. The number of aromatic nitrogens is 2. The van der Waals surface area contributed by atoms with Crippen molar-refractivity contribution >= 4 is 28.6 Å². The molecule has 0 bridgehead atoms. The van der Waals surface area contributed by atoms with Gasteiger partial charge in [0, 0.05) is 18.8 Å². The second-order valence-electron chi connectivity index (χ2n) is 6.87. The molecule has 0 aliphatic heterocycles. The minimum absolute atomic E-state index is 0.00343. The number of benzene rings is 2. The molecule has 0 saturated heterocycles. The smallest absolute Gasteiger partial charge is 0.337 e. The third-order valence-corrected chi connectivity index (χ3v) is 6.15. The summed E-state index contributed by atoms with van der Waals surface area (Å²) in [4.78, 5) is 31.8. The van der Waals surface area contributed by atoms with Crippen LogP contribution in [0.3, 0.4) is 0 Å². The second-order valence-corrected chi connectivity index (χ2v) is 7.81. The molecule has 3 rings (SSSR count). The zero-order valence-corrected chi connectivity index (χ0v) is 18.4. The molecule has 0 aliphatic rings. The summed E-state index contributed by atoms with van der Waals surface area (Å²) in [5.74, 6) is 0.299. The molecule has 6 nitrogen and oxygen atoms in total. The fourth-order valence-corrected chi connectivity index (χ4v) is 4.22. The Morgan fingerprint density at radius 2 is 1.80 bits per heavy atom. The predicted octanol–water partition coefficient (Wildman–Crippen LogP) is 3.82. The average molecular weight is 426 g/mol. The maximum atomic E-state index is 13.1. The molecular weight excluding hydrogens is 398 g/mol. The number of methoxy groups -OCH3 is 1. The second kappa shape index (κ2) is 10.4. The Bertz CT molecular complexity index is 1060. The van der Waals surface area contributed by atoms with Gasteiger partial charge in [-0.25, -0.2) is 9.78 Å². The molecule has 0 fully saturated rings. The number of ether oxygens (including phenoxy) is 1. The van der Waals surface area contributed by atoms with Crippen molar-refractivity contribution in [2.24, 2.45) is 0 Å². The Balaban J connectivity index is 1.86. The maximum absolute atomic E-state index is 13.1. The van der Waals surface area contributed by atoms with Gasteiger partial charge < -0.3 is 9.64 Å². The van der Waals surface area contributed by atoms with E-state index < -0.39 is 0 Å². The zero-order chi connectivity index (χ0) is 21.5. The topological polar surface area (TPSA) is 64.4 Å². The number of nitrogens with zero attached hydrogens (tertiary/aromatic N) is 3. The van der Waals surface area contributed by atoms with Crippen LogP contribution in [0.25, 0.3) is 10.9 Å². The minimum atomic E-state index is -0.351. The summed E-state index contributed by atoms with van der Waals surface area (Å²) >= 11 is 1.53. The van der Waals surface area contributed by atoms with Crippen LogP contribution in [0.5, 0.6) is 0 Å². The van der Waals surface area contributed by atoms with Crippen LogP contribution >= 0.6 is 11.8 Å². The molecule has 0 radical (unpaired) electrons. The molecule has 0 spiro atoms. The summed E-state index contributed by atoms with van der Waals surface area (Å²) in [5, 5.41) is 1.35. The number of likely N-dealkylation sites (N-methyl/N-ethyl adjacent to an activating group) is 1. The van der Waals surface area contributed by atoms with E-state index in [1.54, 1.807) is 16.7 Å². The summed E-state index contributed by atoms with van der Waals surface area (Å²) < 4.78 is 6.53. The van der Waals surface area contributed by atoms with Crippen molar-refractivity contribution in [1.82, 2.24) is 14.5 Å². The number of thioether (sulfide) groups is 1. The van der Waals surface area contributed by atoms with Gasteiger partial charge in [0.25, 0.3) is 5.56 Å². The van der Waals surface area contributed by atoms with Gasteiger partial charge >= 0.3 is 5.97 Å². The summed E-state index contributed by atoms with van der Waals surface area (Å²) in [6.07, 6.45) is 0. The van der Waals surface area contributed by atoms with E-state index >= 15 is 0 Å². The van der Waals surface area contributed by atoms with Crippen molar-refractivity contribution in [3.8, 4) is 0 Å². The lowest BCUT2D eigenvalue weighted by atomic mass is 10.1. The highest BCUT2D eigenvalue weighted by atomic mass is 32.2. The molecule has 0 aliphatic carbocycles. The van der Waals surface area contributed by atoms with E-state index in [0.29, 0.717) is 33.9 Å². The standard InChI is InChI=1S/C23H27N3O3S/c1-4-25(5-2)14-15-26-21(27)19-8-6-7-9-20(19)24-23(26)30-16-17-10-12-18(13-11-17)22(28)29-3/h6-13H,4-5,14-16H2,1-3H3. The average Bonchev–Trinajstić information content (AvgIpc) is 2.79. The minimum Gasteiger partial charge on any atom is -0.465 e. The molecular formula is C23H27N3O3S. The lowest BCUT2D eigenvalue weighted by Gasteiger charge is -2.20. The number of rotatable bonds is 9. The van der Waals surface area contributed by atoms with Gasteiger partial charge in [-0.15, -0.1) is 0 Å². The number of fused-ring (bicyclic) bond motifs is 1. The van der Waals surface area contributed by atoms with E-state index in [1.165, 1.54) is 18.9 Å².